The van der Waals surface area contributed by atoms with E-state index >= 15 is 0 Å². The SMILES string of the molecule is CCC1C(=O)NCCN1C(=O)c1cccc(O)c1. The number of benzene rings is 1. The second-order valence-electron chi connectivity index (χ2n) is 4.26. The highest BCUT2D eigenvalue weighted by Crippen LogP contribution is 2.17. The normalized spacial score (nSPS) is 19.5. The Bertz CT molecular complexity index is 473. The highest BCUT2D eigenvalue weighted by molar-refractivity contribution is 5.98. The third-order valence-electron chi connectivity index (χ3n) is 3.07. The van der Waals surface area contributed by atoms with Gasteiger partial charge in [0.25, 0.3) is 5.91 Å². The average Bonchev–Trinajstić information content (AvgIpc) is 2.37. The van der Waals surface area contributed by atoms with Crippen LogP contribution in [0.2, 0.25) is 0 Å². The van der Waals surface area contributed by atoms with E-state index in [9.17, 15) is 14.7 Å². The largest absolute Gasteiger partial charge is 0.508 e. The first-order valence-corrected chi connectivity index (χ1v) is 6.01. The Morgan fingerprint density at radius 3 is 3.00 bits per heavy atom. The van der Waals surface area contributed by atoms with Gasteiger partial charge in [0.2, 0.25) is 5.91 Å². The van der Waals surface area contributed by atoms with Crippen LogP contribution in [0.15, 0.2) is 24.3 Å². The minimum Gasteiger partial charge on any atom is -0.508 e. The number of hydrogen-bond donors (Lipinski definition) is 2. The standard InChI is InChI=1S/C13H16N2O3/c1-2-11-12(17)14-6-7-15(11)13(18)9-4-3-5-10(16)8-9/h3-5,8,11,16H,2,6-7H2,1H3,(H,14,17). The van der Waals surface area contributed by atoms with Gasteiger partial charge in [0.05, 0.1) is 0 Å². The predicted molar refractivity (Wildman–Crippen MR) is 66.2 cm³/mol. The summed E-state index contributed by atoms with van der Waals surface area (Å²) in [5.41, 5.74) is 0.406. The quantitative estimate of drug-likeness (QED) is 0.811. The Labute approximate surface area is 105 Å². The van der Waals surface area contributed by atoms with Crippen LogP contribution in [0.1, 0.15) is 23.7 Å². The lowest BCUT2D eigenvalue weighted by Gasteiger charge is -2.34. The zero-order valence-corrected chi connectivity index (χ0v) is 10.2. The lowest BCUT2D eigenvalue weighted by molar-refractivity contribution is -0.127. The monoisotopic (exact) mass is 248 g/mol. The molecule has 0 saturated carbocycles. The molecular formula is C13H16N2O3. The Balaban J connectivity index is 2.24. The Kier molecular flexibility index (Phi) is 3.50. The smallest absolute Gasteiger partial charge is 0.254 e. The molecule has 0 aliphatic carbocycles. The van der Waals surface area contributed by atoms with Crippen LogP contribution in [0.3, 0.4) is 0 Å². The molecule has 5 heteroatoms. The fourth-order valence-electron chi connectivity index (χ4n) is 2.17. The van der Waals surface area contributed by atoms with Gasteiger partial charge in [-0.3, -0.25) is 9.59 Å². The minimum atomic E-state index is -0.423. The van der Waals surface area contributed by atoms with E-state index < -0.39 is 6.04 Å². The maximum atomic E-state index is 12.3. The van der Waals surface area contributed by atoms with Crippen LogP contribution in [0, 0.1) is 0 Å². The molecule has 18 heavy (non-hydrogen) atoms. The number of hydrogen-bond acceptors (Lipinski definition) is 3. The minimum absolute atomic E-state index is 0.0513. The van der Waals surface area contributed by atoms with E-state index in [-0.39, 0.29) is 17.6 Å². The van der Waals surface area contributed by atoms with E-state index in [1.54, 1.807) is 17.0 Å². The van der Waals surface area contributed by atoms with E-state index in [2.05, 4.69) is 5.32 Å². The number of nitrogens with one attached hydrogen (secondary N) is 1. The van der Waals surface area contributed by atoms with Crippen LogP contribution in [0.4, 0.5) is 0 Å². The molecule has 1 fully saturated rings. The molecule has 96 valence electrons. The van der Waals surface area contributed by atoms with Gasteiger partial charge in [-0.15, -0.1) is 0 Å². The first kappa shape index (κ1) is 12.4. The molecule has 1 atom stereocenters. The maximum absolute atomic E-state index is 12.3. The first-order chi connectivity index (χ1) is 8.63. The fraction of sp³-hybridized carbons (Fsp3) is 0.385. The summed E-state index contributed by atoms with van der Waals surface area (Å²) in [6, 6.07) is 5.77. The highest BCUT2D eigenvalue weighted by Gasteiger charge is 2.31. The molecule has 0 bridgehead atoms. The van der Waals surface area contributed by atoms with Crippen LogP contribution in [0.5, 0.6) is 5.75 Å². The third-order valence-corrected chi connectivity index (χ3v) is 3.07. The number of rotatable bonds is 2. The van der Waals surface area contributed by atoms with Gasteiger partial charge in [-0.2, -0.15) is 0 Å². The third kappa shape index (κ3) is 2.30. The van der Waals surface area contributed by atoms with E-state index in [1.165, 1.54) is 12.1 Å². The lowest BCUT2D eigenvalue weighted by atomic mass is 10.1. The molecule has 5 nitrogen and oxygen atoms in total. The molecule has 2 N–H and O–H groups in total. The maximum Gasteiger partial charge on any atom is 0.254 e. The van der Waals surface area contributed by atoms with E-state index in [4.69, 9.17) is 0 Å². The molecule has 2 rings (SSSR count). The molecule has 1 aliphatic heterocycles. The zero-order chi connectivity index (χ0) is 13.1. The van der Waals surface area contributed by atoms with Crippen molar-refractivity contribution >= 4 is 11.8 Å². The van der Waals surface area contributed by atoms with Crippen LogP contribution < -0.4 is 5.32 Å². The number of carbonyl (C=O) groups excluding carboxylic acids is 2. The molecule has 1 aromatic carbocycles. The van der Waals surface area contributed by atoms with Crippen molar-refractivity contribution in [1.82, 2.24) is 10.2 Å². The summed E-state index contributed by atoms with van der Waals surface area (Å²) in [4.78, 5) is 25.5. The molecule has 0 radical (unpaired) electrons. The van der Waals surface area contributed by atoms with Crippen molar-refractivity contribution in [3.8, 4) is 5.75 Å². The number of piperazine rings is 1. The van der Waals surface area contributed by atoms with Gasteiger partial charge in [0.15, 0.2) is 0 Å². The van der Waals surface area contributed by atoms with Gasteiger partial charge in [0, 0.05) is 18.7 Å². The predicted octanol–water partition coefficient (Wildman–Crippen LogP) is 0.743. The molecule has 0 spiro atoms. The van der Waals surface area contributed by atoms with Crippen molar-refractivity contribution in [2.75, 3.05) is 13.1 Å². The summed E-state index contributed by atoms with van der Waals surface area (Å²) in [7, 11) is 0. The second kappa shape index (κ2) is 5.08. The molecular weight excluding hydrogens is 232 g/mol. The van der Waals surface area contributed by atoms with Crippen LogP contribution in [-0.4, -0.2) is 41.0 Å². The number of nitrogens with zero attached hydrogens (tertiary/aromatic N) is 1. The van der Waals surface area contributed by atoms with Crippen molar-refractivity contribution in [1.29, 1.82) is 0 Å². The van der Waals surface area contributed by atoms with Gasteiger partial charge in [-0.25, -0.2) is 0 Å². The Hall–Kier alpha value is -2.04. The fourth-order valence-corrected chi connectivity index (χ4v) is 2.17. The first-order valence-electron chi connectivity index (χ1n) is 6.01. The summed E-state index contributed by atoms with van der Waals surface area (Å²) >= 11 is 0. The zero-order valence-electron chi connectivity index (χ0n) is 10.2. The molecule has 1 aliphatic rings. The summed E-state index contributed by atoms with van der Waals surface area (Å²) in [5.74, 6) is -0.278. The topological polar surface area (TPSA) is 69.6 Å². The molecule has 1 unspecified atom stereocenters. The van der Waals surface area contributed by atoms with Crippen molar-refractivity contribution in [2.45, 2.75) is 19.4 Å². The van der Waals surface area contributed by atoms with E-state index in [0.29, 0.717) is 25.1 Å². The van der Waals surface area contributed by atoms with E-state index in [1.807, 2.05) is 6.92 Å². The van der Waals surface area contributed by atoms with Crippen LogP contribution in [0.25, 0.3) is 0 Å². The number of carbonyl (C=O) groups is 2. The van der Waals surface area contributed by atoms with Gasteiger partial charge < -0.3 is 15.3 Å². The summed E-state index contributed by atoms with van der Waals surface area (Å²) in [6.45, 7) is 2.84. The number of phenolic OH excluding ortho intramolecular Hbond substituents is 1. The van der Waals surface area contributed by atoms with Crippen molar-refractivity contribution in [3.63, 3.8) is 0 Å². The molecule has 1 heterocycles. The van der Waals surface area contributed by atoms with Gasteiger partial charge in [0.1, 0.15) is 11.8 Å². The van der Waals surface area contributed by atoms with Gasteiger partial charge in [-0.1, -0.05) is 13.0 Å². The van der Waals surface area contributed by atoms with Crippen molar-refractivity contribution in [2.24, 2.45) is 0 Å². The number of aromatic hydroxyl groups is 1. The number of amides is 2. The molecule has 2 amide bonds. The summed E-state index contributed by atoms with van der Waals surface area (Å²) in [6.07, 6.45) is 0.580. The highest BCUT2D eigenvalue weighted by atomic mass is 16.3. The number of phenols is 1. The van der Waals surface area contributed by atoms with Crippen molar-refractivity contribution < 1.29 is 14.7 Å². The molecule has 1 aromatic rings. The Morgan fingerprint density at radius 2 is 2.33 bits per heavy atom. The Morgan fingerprint density at radius 1 is 1.56 bits per heavy atom. The summed E-state index contributed by atoms with van der Waals surface area (Å²) < 4.78 is 0. The second-order valence-corrected chi connectivity index (χ2v) is 4.26. The molecule has 1 saturated heterocycles. The van der Waals surface area contributed by atoms with E-state index in [0.717, 1.165) is 0 Å². The van der Waals surface area contributed by atoms with Gasteiger partial charge >= 0.3 is 0 Å². The lowest BCUT2D eigenvalue weighted by Crippen LogP contribution is -2.56. The van der Waals surface area contributed by atoms with Gasteiger partial charge in [-0.05, 0) is 24.6 Å². The average molecular weight is 248 g/mol. The molecule has 0 aromatic heterocycles. The van der Waals surface area contributed by atoms with Crippen LogP contribution in [-0.2, 0) is 4.79 Å². The summed E-state index contributed by atoms with van der Waals surface area (Å²) in [5, 5.41) is 12.1. The van der Waals surface area contributed by atoms with Crippen molar-refractivity contribution in [3.05, 3.63) is 29.8 Å². The van der Waals surface area contributed by atoms with Crippen LogP contribution >= 0.6 is 0 Å².